The largest absolute Gasteiger partial charge is 0.457 e. The molecule has 0 bridgehead atoms. The van der Waals surface area contributed by atoms with Crippen LogP contribution >= 0.6 is 11.6 Å². The van der Waals surface area contributed by atoms with Crippen LogP contribution in [0.15, 0.2) is 66.7 Å². The SMILES string of the molecule is Cc1ccc(C)c(NC(=O)COC(=O)CCC(=O)Nc2ccc(Oc3ccc(Cl)cc3)cc2)c1. The summed E-state index contributed by atoms with van der Waals surface area (Å²) in [5.74, 6) is -0.168. The highest BCUT2D eigenvalue weighted by atomic mass is 35.5. The zero-order chi connectivity index (χ0) is 24.5. The Bertz CT molecular complexity index is 1160. The Morgan fingerprint density at radius 1 is 0.794 bits per heavy atom. The molecular formula is C26H25ClN2O5. The fraction of sp³-hybridized carbons (Fsp3) is 0.192. The molecule has 7 nitrogen and oxygen atoms in total. The maximum atomic E-state index is 12.1. The first-order chi connectivity index (χ1) is 16.3. The van der Waals surface area contributed by atoms with Crippen molar-refractivity contribution < 1.29 is 23.9 Å². The third-order valence-electron chi connectivity index (χ3n) is 4.78. The van der Waals surface area contributed by atoms with E-state index >= 15 is 0 Å². The molecule has 0 saturated heterocycles. The van der Waals surface area contributed by atoms with Gasteiger partial charge in [-0.1, -0.05) is 23.7 Å². The molecule has 0 spiro atoms. The number of hydrogen-bond acceptors (Lipinski definition) is 5. The van der Waals surface area contributed by atoms with Gasteiger partial charge in [0.15, 0.2) is 6.61 Å². The van der Waals surface area contributed by atoms with Gasteiger partial charge in [0, 0.05) is 22.8 Å². The lowest BCUT2D eigenvalue weighted by molar-refractivity contribution is -0.147. The Balaban J connectivity index is 1.37. The number of esters is 1. The molecule has 34 heavy (non-hydrogen) atoms. The molecule has 0 atom stereocenters. The molecule has 0 aliphatic rings. The van der Waals surface area contributed by atoms with Crippen LogP contribution in [0, 0.1) is 13.8 Å². The number of ether oxygens (including phenoxy) is 2. The van der Waals surface area contributed by atoms with Crippen LogP contribution in [0.2, 0.25) is 5.02 Å². The molecule has 0 aliphatic carbocycles. The first kappa shape index (κ1) is 24.8. The number of rotatable bonds is 9. The van der Waals surface area contributed by atoms with E-state index in [1.54, 1.807) is 48.5 Å². The molecule has 3 aromatic carbocycles. The normalized spacial score (nSPS) is 10.3. The first-order valence-corrected chi connectivity index (χ1v) is 11.0. The molecule has 0 aliphatic heterocycles. The van der Waals surface area contributed by atoms with Crippen molar-refractivity contribution in [3.05, 3.63) is 82.9 Å². The number of nitrogens with one attached hydrogen (secondary N) is 2. The standard InChI is InChI=1S/C26H25ClN2O5/c1-17-3-4-18(2)23(15-17)29-25(31)16-33-26(32)14-13-24(30)28-20-7-11-22(12-8-20)34-21-9-5-19(27)6-10-21/h3-12,15H,13-14,16H2,1-2H3,(H,28,30)(H,29,31). The first-order valence-electron chi connectivity index (χ1n) is 10.6. The highest BCUT2D eigenvalue weighted by molar-refractivity contribution is 6.30. The maximum absolute atomic E-state index is 12.1. The van der Waals surface area contributed by atoms with Crippen LogP contribution in [0.25, 0.3) is 0 Å². The molecule has 0 saturated carbocycles. The van der Waals surface area contributed by atoms with Gasteiger partial charge in [0.05, 0.1) is 6.42 Å². The second-order valence-corrected chi connectivity index (χ2v) is 8.09. The predicted octanol–water partition coefficient (Wildman–Crippen LogP) is 5.65. The summed E-state index contributed by atoms with van der Waals surface area (Å²) in [4.78, 5) is 36.1. The fourth-order valence-electron chi connectivity index (χ4n) is 2.96. The van der Waals surface area contributed by atoms with Crippen LogP contribution < -0.4 is 15.4 Å². The average molecular weight is 481 g/mol. The molecule has 8 heteroatoms. The van der Waals surface area contributed by atoms with E-state index in [2.05, 4.69) is 10.6 Å². The van der Waals surface area contributed by atoms with E-state index in [0.29, 0.717) is 27.9 Å². The number of halogens is 1. The zero-order valence-corrected chi connectivity index (χ0v) is 19.6. The minimum Gasteiger partial charge on any atom is -0.457 e. The van der Waals surface area contributed by atoms with E-state index in [1.807, 2.05) is 32.0 Å². The van der Waals surface area contributed by atoms with Gasteiger partial charge in [-0.3, -0.25) is 14.4 Å². The number of carbonyl (C=O) groups is 3. The Hall–Kier alpha value is -3.84. The van der Waals surface area contributed by atoms with Gasteiger partial charge in [-0.15, -0.1) is 0 Å². The van der Waals surface area contributed by atoms with Gasteiger partial charge in [0.25, 0.3) is 5.91 Å². The van der Waals surface area contributed by atoms with Crippen molar-refractivity contribution in [2.45, 2.75) is 26.7 Å². The number of anilines is 2. The second kappa shape index (κ2) is 11.9. The number of amides is 2. The highest BCUT2D eigenvalue weighted by Crippen LogP contribution is 2.24. The molecule has 2 amide bonds. The Morgan fingerprint density at radius 2 is 1.44 bits per heavy atom. The van der Waals surface area contributed by atoms with Crippen molar-refractivity contribution in [2.24, 2.45) is 0 Å². The van der Waals surface area contributed by atoms with Crippen molar-refractivity contribution in [3.63, 3.8) is 0 Å². The summed E-state index contributed by atoms with van der Waals surface area (Å²) in [6.07, 6.45) is -0.208. The summed E-state index contributed by atoms with van der Waals surface area (Å²) in [6.45, 7) is 3.38. The molecule has 3 rings (SSSR count). The number of aryl methyl sites for hydroxylation is 2. The lowest BCUT2D eigenvalue weighted by Crippen LogP contribution is -2.22. The van der Waals surface area contributed by atoms with Crippen LogP contribution in [0.4, 0.5) is 11.4 Å². The maximum Gasteiger partial charge on any atom is 0.306 e. The minimum atomic E-state index is -0.627. The summed E-state index contributed by atoms with van der Waals surface area (Å²) in [5.41, 5.74) is 3.15. The molecule has 0 unspecified atom stereocenters. The van der Waals surface area contributed by atoms with E-state index in [-0.39, 0.29) is 18.7 Å². The average Bonchev–Trinajstić information content (AvgIpc) is 2.81. The van der Waals surface area contributed by atoms with Crippen LogP contribution in [0.1, 0.15) is 24.0 Å². The minimum absolute atomic E-state index is 0.0690. The van der Waals surface area contributed by atoms with Crippen LogP contribution in [-0.4, -0.2) is 24.4 Å². The molecule has 176 valence electrons. The third-order valence-corrected chi connectivity index (χ3v) is 5.03. The van der Waals surface area contributed by atoms with Crippen molar-refractivity contribution in [1.29, 1.82) is 0 Å². The van der Waals surface area contributed by atoms with E-state index in [9.17, 15) is 14.4 Å². The van der Waals surface area contributed by atoms with Gasteiger partial charge in [-0.05, 0) is 79.6 Å². The van der Waals surface area contributed by atoms with E-state index < -0.39 is 18.5 Å². The van der Waals surface area contributed by atoms with Gasteiger partial charge in [0.2, 0.25) is 5.91 Å². The number of carbonyl (C=O) groups excluding carboxylic acids is 3. The monoisotopic (exact) mass is 480 g/mol. The van der Waals surface area contributed by atoms with Gasteiger partial charge in [-0.25, -0.2) is 0 Å². The van der Waals surface area contributed by atoms with Gasteiger partial charge < -0.3 is 20.1 Å². The fourth-order valence-corrected chi connectivity index (χ4v) is 3.09. The summed E-state index contributed by atoms with van der Waals surface area (Å²) in [7, 11) is 0. The van der Waals surface area contributed by atoms with Crippen LogP contribution in [-0.2, 0) is 19.1 Å². The Morgan fingerprint density at radius 3 is 2.12 bits per heavy atom. The zero-order valence-electron chi connectivity index (χ0n) is 18.9. The quantitative estimate of drug-likeness (QED) is 0.386. The molecule has 0 fully saturated rings. The molecule has 3 aromatic rings. The van der Waals surface area contributed by atoms with Crippen molar-refractivity contribution in [2.75, 3.05) is 17.2 Å². The lowest BCUT2D eigenvalue weighted by Gasteiger charge is -2.10. The Kier molecular flexibility index (Phi) is 8.65. The van der Waals surface area contributed by atoms with Crippen LogP contribution in [0.5, 0.6) is 11.5 Å². The molecule has 0 aromatic heterocycles. The van der Waals surface area contributed by atoms with Gasteiger partial charge >= 0.3 is 5.97 Å². The molecule has 0 radical (unpaired) electrons. The van der Waals surface area contributed by atoms with Crippen molar-refractivity contribution in [1.82, 2.24) is 0 Å². The smallest absolute Gasteiger partial charge is 0.306 e. The molecular weight excluding hydrogens is 456 g/mol. The van der Waals surface area contributed by atoms with Crippen molar-refractivity contribution in [3.8, 4) is 11.5 Å². The molecule has 0 heterocycles. The molecule has 2 N–H and O–H groups in total. The lowest BCUT2D eigenvalue weighted by atomic mass is 10.1. The second-order valence-electron chi connectivity index (χ2n) is 7.66. The number of hydrogen-bond donors (Lipinski definition) is 2. The summed E-state index contributed by atoms with van der Waals surface area (Å²) >= 11 is 5.86. The Labute approximate surface area is 203 Å². The summed E-state index contributed by atoms with van der Waals surface area (Å²) in [6, 6.07) is 19.5. The van der Waals surface area contributed by atoms with Crippen molar-refractivity contribution >= 4 is 40.8 Å². The summed E-state index contributed by atoms with van der Waals surface area (Å²) in [5, 5.41) is 6.04. The van der Waals surface area contributed by atoms with Crippen LogP contribution in [0.3, 0.4) is 0 Å². The number of benzene rings is 3. The third kappa shape index (κ3) is 7.94. The summed E-state index contributed by atoms with van der Waals surface area (Å²) < 4.78 is 10.7. The van der Waals surface area contributed by atoms with E-state index in [1.165, 1.54) is 0 Å². The van der Waals surface area contributed by atoms with E-state index in [4.69, 9.17) is 21.1 Å². The van der Waals surface area contributed by atoms with Gasteiger partial charge in [0.1, 0.15) is 11.5 Å². The highest BCUT2D eigenvalue weighted by Gasteiger charge is 2.12. The topological polar surface area (TPSA) is 93.7 Å². The van der Waals surface area contributed by atoms with Gasteiger partial charge in [-0.2, -0.15) is 0 Å². The predicted molar refractivity (Wildman–Crippen MR) is 131 cm³/mol. The van der Waals surface area contributed by atoms with E-state index in [0.717, 1.165) is 11.1 Å².